The zero-order valence-corrected chi connectivity index (χ0v) is 15.3. The molecule has 3 heterocycles. The lowest BCUT2D eigenvalue weighted by Gasteiger charge is -2.08. The lowest BCUT2D eigenvalue weighted by atomic mass is 10.1. The Morgan fingerprint density at radius 1 is 1.04 bits per heavy atom. The molecule has 0 aliphatic carbocycles. The monoisotopic (exact) mass is 436 g/mol. The van der Waals surface area contributed by atoms with Crippen molar-refractivity contribution in [3.8, 4) is 0 Å². The Kier molecular flexibility index (Phi) is 4.26. The van der Waals surface area contributed by atoms with Gasteiger partial charge in [-0.2, -0.15) is 13.2 Å². The third-order valence-corrected chi connectivity index (χ3v) is 5.16. The van der Waals surface area contributed by atoms with Crippen LogP contribution in [0.2, 0.25) is 0 Å². The summed E-state index contributed by atoms with van der Waals surface area (Å²) in [5.41, 5.74) is 0.306. The van der Waals surface area contributed by atoms with Gasteiger partial charge in [0.05, 0.1) is 29.5 Å². The third kappa shape index (κ3) is 3.23. The maximum absolute atomic E-state index is 12.9. The van der Waals surface area contributed by atoms with E-state index in [0.717, 1.165) is 10.8 Å². The number of pyridine rings is 2. The first kappa shape index (κ1) is 17.7. The zero-order chi connectivity index (χ0) is 19.2. The number of aromatic nitrogens is 4. The van der Waals surface area contributed by atoms with E-state index in [4.69, 9.17) is 0 Å². The third-order valence-electron chi connectivity index (χ3n) is 4.28. The number of halogens is 4. The quantitative estimate of drug-likeness (QED) is 0.485. The molecule has 0 saturated carbocycles. The average Bonchev–Trinajstić information content (AvgIpc) is 2.89. The molecule has 4 aromatic rings. The Morgan fingerprint density at radius 2 is 1.81 bits per heavy atom. The molecule has 138 valence electrons. The van der Waals surface area contributed by atoms with Crippen LogP contribution in [0, 0.1) is 0 Å². The van der Waals surface area contributed by atoms with E-state index in [1.807, 2.05) is 24.3 Å². The second-order valence-corrected chi connectivity index (χ2v) is 6.83. The maximum Gasteiger partial charge on any atom is 0.406 e. The molecule has 0 saturated heterocycles. The first-order chi connectivity index (χ1) is 12.8. The van der Waals surface area contributed by atoms with E-state index in [1.54, 1.807) is 6.20 Å². The minimum absolute atomic E-state index is 0.0251. The van der Waals surface area contributed by atoms with Gasteiger partial charge in [0.15, 0.2) is 0 Å². The van der Waals surface area contributed by atoms with Crippen molar-refractivity contribution in [2.45, 2.75) is 19.3 Å². The first-order valence-corrected chi connectivity index (χ1v) is 8.76. The summed E-state index contributed by atoms with van der Waals surface area (Å²) >= 11 is 3.50. The van der Waals surface area contributed by atoms with Crippen molar-refractivity contribution in [1.29, 1.82) is 0 Å². The largest absolute Gasteiger partial charge is 0.406 e. The van der Waals surface area contributed by atoms with E-state index >= 15 is 0 Å². The van der Waals surface area contributed by atoms with E-state index in [0.29, 0.717) is 20.3 Å². The molecule has 0 aliphatic heterocycles. The first-order valence-electron chi connectivity index (χ1n) is 7.97. The average molecular weight is 437 g/mol. The molecule has 4 rings (SSSR count). The van der Waals surface area contributed by atoms with E-state index in [2.05, 4.69) is 25.9 Å². The smallest absolute Gasteiger partial charge is 0.284 e. The summed E-state index contributed by atoms with van der Waals surface area (Å²) in [7, 11) is 0. The Balaban J connectivity index is 1.87. The highest BCUT2D eigenvalue weighted by Crippen LogP contribution is 2.27. The molecule has 3 aromatic heterocycles. The molecule has 0 N–H and O–H groups in total. The Morgan fingerprint density at radius 3 is 2.59 bits per heavy atom. The van der Waals surface area contributed by atoms with E-state index in [-0.39, 0.29) is 12.1 Å². The van der Waals surface area contributed by atoms with Gasteiger partial charge in [-0.1, -0.05) is 24.3 Å². The van der Waals surface area contributed by atoms with Gasteiger partial charge in [-0.3, -0.25) is 19.1 Å². The van der Waals surface area contributed by atoms with Crippen LogP contribution < -0.4 is 5.69 Å². The van der Waals surface area contributed by atoms with Crippen LogP contribution >= 0.6 is 15.9 Å². The van der Waals surface area contributed by atoms with Gasteiger partial charge in [0, 0.05) is 22.3 Å². The molecular weight excluding hydrogens is 425 g/mol. The van der Waals surface area contributed by atoms with Crippen LogP contribution in [0.25, 0.3) is 21.8 Å². The number of rotatable bonds is 3. The molecule has 5 nitrogen and oxygen atoms in total. The lowest BCUT2D eigenvalue weighted by Crippen LogP contribution is -2.30. The van der Waals surface area contributed by atoms with Crippen molar-refractivity contribution >= 4 is 37.7 Å². The molecule has 0 atom stereocenters. The number of hydrogen-bond acceptors (Lipinski definition) is 3. The maximum atomic E-state index is 12.9. The second-order valence-electron chi connectivity index (χ2n) is 6.04. The highest BCUT2D eigenvalue weighted by molar-refractivity contribution is 9.10. The van der Waals surface area contributed by atoms with Crippen molar-refractivity contribution in [3.63, 3.8) is 0 Å². The standard InChI is InChI=1S/C18H12BrF3N4O/c19-16-12-4-2-1-3-11(12)7-24-13(16)9-25-15-8-23-6-5-14(15)26(17(25)27)10-18(20,21)22/h1-8H,9-10H2. The number of hydrogen-bond donors (Lipinski definition) is 0. The van der Waals surface area contributed by atoms with Crippen molar-refractivity contribution in [1.82, 2.24) is 19.1 Å². The molecule has 1 aromatic carbocycles. The fraction of sp³-hybridized carbons (Fsp3) is 0.167. The molecule has 27 heavy (non-hydrogen) atoms. The Bertz CT molecular complexity index is 1210. The van der Waals surface area contributed by atoms with Crippen LogP contribution in [-0.2, 0) is 13.1 Å². The van der Waals surface area contributed by atoms with Gasteiger partial charge in [0.2, 0.25) is 0 Å². The number of imidazole rings is 1. The molecule has 0 radical (unpaired) electrons. The van der Waals surface area contributed by atoms with Crippen LogP contribution in [0.15, 0.2) is 58.2 Å². The summed E-state index contributed by atoms with van der Waals surface area (Å²) < 4.78 is 41.4. The molecular formula is C18H12BrF3N4O. The minimum atomic E-state index is -4.51. The number of nitrogens with zero attached hydrogens (tertiary/aromatic N) is 4. The van der Waals surface area contributed by atoms with E-state index in [1.165, 1.54) is 23.0 Å². The van der Waals surface area contributed by atoms with Crippen LogP contribution in [0.5, 0.6) is 0 Å². The van der Waals surface area contributed by atoms with Crippen LogP contribution in [0.4, 0.5) is 13.2 Å². The molecule has 0 spiro atoms. The van der Waals surface area contributed by atoms with Crippen molar-refractivity contribution < 1.29 is 13.2 Å². The van der Waals surface area contributed by atoms with E-state index < -0.39 is 18.4 Å². The molecule has 0 aliphatic rings. The van der Waals surface area contributed by atoms with Crippen molar-refractivity contribution in [2.24, 2.45) is 0 Å². The molecule has 0 amide bonds. The molecule has 9 heteroatoms. The second kappa shape index (κ2) is 6.49. The van der Waals surface area contributed by atoms with Crippen LogP contribution in [-0.4, -0.2) is 25.3 Å². The summed E-state index contributed by atoms with van der Waals surface area (Å²) in [6.45, 7) is -1.33. The Hall–Kier alpha value is -2.68. The van der Waals surface area contributed by atoms with Crippen LogP contribution in [0.1, 0.15) is 5.69 Å². The number of fused-ring (bicyclic) bond motifs is 2. The van der Waals surface area contributed by atoms with Gasteiger partial charge < -0.3 is 0 Å². The fourth-order valence-electron chi connectivity index (χ4n) is 3.08. The molecule has 0 fully saturated rings. The summed E-state index contributed by atoms with van der Waals surface area (Å²) in [6.07, 6.45) is -0.0800. The van der Waals surface area contributed by atoms with Gasteiger partial charge >= 0.3 is 11.9 Å². The SMILES string of the molecule is O=c1n(Cc2ncc3ccccc3c2Br)c2cnccc2n1CC(F)(F)F. The molecule has 0 unspecified atom stereocenters. The summed E-state index contributed by atoms with van der Waals surface area (Å²) in [5.74, 6) is 0. The topological polar surface area (TPSA) is 52.7 Å². The number of alkyl halides is 3. The lowest BCUT2D eigenvalue weighted by molar-refractivity contribution is -0.140. The normalized spacial score (nSPS) is 12.1. The van der Waals surface area contributed by atoms with Gasteiger partial charge in [0.1, 0.15) is 6.54 Å². The highest BCUT2D eigenvalue weighted by atomic mass is 79.9. The predicted octanol–water partition coefficient (Wildman–Crippen LogP) is 4.12. The van der Waals surface area contributed by atoms with Crippen molar-refractivity contribution in [2.75, 3.05) is 0 Å². The summed E-state index contributed by atoms with van der Waals surface area (Å²) in [4.78, 5) is 21.0. The van der Waals surface area contributed by atoms with Gasteiger partial charge in [0.25, 0.3) is 0 Å². The molecule has 0 bridgehead atoms. The highest BCUT2D eigenvalue weighted by Gasteiger charge is 2.30. The van der Waals surface area contributed by atoms with Gasteiger partial charge in [-0.15, -0.1) is 0 Å². The van der Waals surface area contributed by atoms with Crippen LogP contribution in [0.3, 0.4) is 0 Å². The minimum Gasteiger partial charge on any atom is -0.284 e. The summed E-state index contributed by atoms with van der Waals surface area (Å²) in [5, 5.41) is 1.83. The van der Waals surface area contributed by atoms with Crippen molar-refractivity contribution in [3.05, 3.63) is 69.6 Å². The number of benzene rings is 1. The summed E-state index contributed by atoms with van der Waals surface area (Å²) in [6, 6.07) is 8.98. The Labute approximate surface area is 159 Å². The van der Waals surface area contributed by atoms with E-state index in [9.17, 15) is 18.0 Å². The zero-order valence-electron chi connectivity index (χ0n) is 13.7. The van der Waals surface area contributed by atoms with Gasteiger partial charge in [-0.05, 0) is 27.4 Å². The fourth-order valence-corrected chi connectivity index (χ4v) is 3.67. The van der Waals surface area contributed by atoms with Gasteiger partial charge in [-0.25, -0.2) is 4.79 Å². The predicted molar refractivity (Wildman–Crippen MR) is 98.6 cm³/mol.